The second-order valence-corrected chi connectivity index (χ2v) is 5.67. The van der Waals surface area contributed by atoms with Gasteiger partial charge in [0.1, 0.15) is 11.1 Å². The van der Waals surface area contributed by atoms with Gasteiger partial charge < -0.3 is 15.2 Å². The first kappa shape index (κ1) is 16.0. The molecule has 2 N–H and O–H groups in total. The number of carbonyl (C=O) groups excluding carboxylic acids is 1. The number of carboxylic acid groups (broad SMARTS) is 1. The van der Waals surface area contributed by atoms with E-state index in [9.17, 15) is 14.7 Å². The van der Waals surface area contributed by atoms with Crippen LogP contribution in [0.3, 0.4) is 0 Å². The van der Waals surface area contributed by atoms with Gasteiger partial charge in [0.15, 0.2) is 0 Å². The van der Waals surface area contributed by atoms with Gasteiger partial charge in [-0.05, 0) is 32.1 Å². The summed E-state index contributed by atoms with van der Waals surface area (Å²) in [6.45, 7) is 5.43. The quantitative estimate of drug-likeness (QED) is 0.801. The Morgan fingerprint density at radius 2 is 2.11 bits per heavy atom. The average molecular weight is 271 g/mol. The predicted octanol–water partition coefficient (Wildman–Crippen LogP) is 1.95. The minimum Gasteiger partial charge on any atom is -0.479 e. The third-order valence-electron chi connectivity index (χ3n) is 4.62. The van der Waals surface area contributed by atoms with Crippen LogP contribution in [0.25, 0.3) is 0 Å². The van der Waals surface area contributed by atoms with Gasteiger partial charge in [-0.25, -0.2) is 4.79 Å². The van der Waals surface area contributed by atoms with Gasteiger partial charge >= 0.3 is 5.97 Å². The molecule has 5 heteroatoms. The molecule has 0 aromatic carbocycles. The van der Waals surface area contributed by atoms with E-state index in [1.165, 1.54) is 7.11 Å². The Kier molecular flexibility index (Phi) is 4.96. The fourth-order valence-corrected chi connectivity index (χ4v) is 2.64. The Labute approximate surface area is 114 Å². The molecular weight excluding hydrogens is 246 g/mol. The van der Waals surface area contributed by atoms with Crippen molar-refractivity contribution in [3.05, 3.63) is 0 Å². The lowest BCUT2D eigenvalue weighted by atomic mass is 9.73. The number of ether oxygens (including phenoxy) is 1. The molecule has 0 aliphatic heterocycles. The standard InChI is InChI=1S/C14H25NO4/c1-5-13(3,19-4)11(16)15-14(12(17)18)9-7-6-8-10(14)2/h10H,5-9H2,1-4H3,(H,15,16)(H,17,18). The van der Waals surface area contributed by atoms with Crippen molar-refractivity contribution < 1.29 is 19.4 Å². The molecule has 19 heavy (non-hydrogen) atoms. The molecule has 1 fully saturated rings. The van der Waals surface area contributed by atoms with Crippen molar-refractivity contribution in [3.8, 4) is 0 Å². The van der Waals surface area contributed by atoms with Crippen LogP contribution < -0.4 is 5.32 Å². The summed E-state index contributed by atoms with van der Waals surface area (Å²) >= 11 is 0. The Hall–Kier alpha value is -1.10. The third kappa shape index (κ3) is 2.91. The summed E-state index contributed by atoms with van der Waals surface area (Å²) in [4.78, 5) is 24.0. The maximum absolute atomic E-state index is 12.4. The molecule has 0 bridgehead atoms. The lowest BCUT2D eigenvalue weighted by Crippen LogP contribution is -2.63. The maximum atomic E-state index is 12.4. The highest BCUT2D eigenvalue weighted by Crippen LogP contribution is 2.34. The number of methoxy groups -OCH3 is 1. The number of rotatable bonds is 5. The van der Waals surface area contributed by atoms with Gasteiger partial charge in [0.25, 0.3) is 5.91 Å². The van der Waals surface area contributed by atoms with Crippen LogP contribution in [-0.2, 0) is 14.3 Å². The smallest absolute Gasteiger partial charge is 0.329 e. The molecule has 5 nitrogen and oxygen atoms in total. The zero-order valence-electron chi connectivity index (χ0n) is 12.3. The second kappa shape index (κ2) is 5.90. The largest absolute Gasteiger partial charge is 0.479 e. The third-order valence-corrected chi connectivity index (χ3v) is 4.62. The van der Waals surface area contributed by atoms with Gasteiger partial charge in [-0.2, -0.15) is 0 Å². The molecule has 1 rings (SSSR count). The van der Waals surface area contributed by atoms with Crippen molar-refractivity contribution in [2.45, 2.75) is 64.0 Å². The molecule has 1 saturated carbocycles. The summed E-state index contributed by atoms with van der Waals surface area (Å²) in [5, 5.41) is 12.3. The maximum Gasteiger partial charge on any atom is 0.329 e. The first-order valence-electron chi connectivity index (χ1n) is 6.93. The summed E-state index contributed by atoms with van der Waals surface area (Å²) in [7, 11) is 1.47. The molecule has 1 aliphatic carbocycles. The van der Waals surface area contributed by atoms with Crippen LogP contribution in [0.4, 0.5) is 0 Å². The minimum atomic E-state index is -1.15. The molecule has 0 aromatic rings. The molecule has 0 saturated heterocycles. The van der Waals surface area contributed by atoms with E-state index in [1.54, 1.807) is 6.92 Å². The summed E-state index contributed by atoms with van der Waals surface area (Å²) < 4.78 is 5.25. The van der Waals surface area contributed by atoms with Crippen molar-refractivity contribution in [1.82, 2.24) is 5.32 Å². The highest BCUT2D eigenvalue weighted by atomic mass is 16.5. The number of hydrogen-bond donors (Lipinski definition) is 2. The molecule has 1 amide bonds. The Morgan fingerprint density at radius 3 is 2.53 bits per heavy atom. The van der Waals surface area contributed by atoms with Crippen LogP contribution in [-0.4, -0.2) is 35.2 Å². The van der Waals surface area contributed by atoms with Crippen molar-refractivity contribution >= 4 is 11.9 Å². The lowest BCUT2D eigenvalue weighted by Gasteiger charge is -2.41. The Bertz CT molecular complexity index is 351. The van der Waals surface area contributed by atoms with Crippen molar-refractivity contribution in [3.63, 3.8) is 0 Å². The highest BCUT2D eigenvalue weighted by molar-refractivity contribution is 5.91. The number of hydrogen-bond acceptors (Lipinski definition) is 3. The zero-order valence-corrected chi connectivity index (χ0v) is 12.3. The SMILES string of the molecule is CCC(C)(OC)C(=O)NC1(C(=O)O)CCCCC1C. The number of carboxylic acids is 1. The normalized spacial score (nSPS) is 30.4. The van der Waals surface area contributed by atoms with Crippen LogP contribution in [0, 0.1) is 5.92 Å². The van der Waals surface area contributed by atoms with E-state index in [4.69, 9.17) is 4.74 Å². The first-order valence-corrected chi connectivity index (χ1v) is 6.93. The van der Waals surface area contributed by atoms with Gasteiger partial charge in [-0.1, -0.05) is 26.7 Å². The van der Waals surface area contributed by atoms with E-state index < -0.39 is 17.1 Å². The summed E-state index contributed by atoms with van der Waals surface area (Å²) in [6, 6.07) is 0. The van der Waals surface area contributed by atoms with Crippen molar-refractivity contribution in [2.75, 3.05) is 7.11 Å². The van der Waals surface area contributed by atoms with Crippen molar-refractivity contribution in [1.29, 1.82) is 0 Å². The van der Waals surface area contributed by atoms with E-state index in [-0.39, 0.29) is 11.8 Å². The molecule has 3 atom stereocenters. The van der Waals surface area contributed by atoms with Gasteiger partial charge in [0.2, 0.25) is 0 Å². The summed E-state index contributed by atoms with van der Waals surface area (Å²) in [5.41, 5.74) is -2.12. The molecule has 0 spiro atoms. The second-order valence-electron chi connectivity index (χ2n) is 5.67. The summed E-state index contributed by atoms with van der Waals surface area (Å²) in [6.07, 6.45) is 3.65. The molecule has 1 aliphatic rings. The van der Waals surface area contributed by atoms with Crippen LogP contribution in [0.2, 0.25) is 0 Å². The van der Waals surface area contributed by atoms with Crippen LogP contribution in [0.1, 0.15) is 52.9 Å². The van der Waals surface area contributed by atoms with E-state index in [0.717, 1.165) is 19.3 Å². The zero-order chi connectivity index (χ0) is 14.7. The monoisotopic (exact) mass is 271 g/mol. The van der Waals surface area contributed by atoms with Crippen LogP contribution in [0.15, 0.2) is 0 Å². The minimum absolute atomic E-state index is 0.0688. The molecular formula is C14H25NO4. The van der Waals surface area contributed by atoms with Crippen LogP contribution in [0.5, 0.6) is 0 Å². The van der Waals surface area contributed by atoms with Crippen molar-refractivity contribution in [2.24, 2.45) is 5.92 Å². The number of nitrogens with one attached hydrogen (secondary N) is 1. The highest BCUT2D eigenvalue weighted by Gasteiger charge is 2.48. The van der Waals surface area contributed by atoms with E-state index in [2.05, 4.69) is 5.32 Å². The van der Waals surface area contributed by atoms with E-state index in [0.29, 0.717) is 12.8 Å². The molecule has 0 heterocycles. The van der Waals surface area contributed by atoms with E-state index in [1.807, 2.05) is 13.8 Å². The fourth-order valence-electron chi connectivity index (χ4n) is 2.64. The fraction of sp³-hybridized carbons (Fsp3) is 0.857. The Balaban J connectivity index is 2.97. The summed E-state index contributed by atoms with van der Waals surface area (Å²) in [5.74, 6) is -1.35. The Morgan fingerprint density at radius 1 is 1.47 bits per heavy atom. The van der Waals surface area contributed by atoms with Gasteiger partial charge in [0.05, 0.1) is 0 Å². The number of amides is 1. The predicted molar refractivity (Wildman–Crippen MR) is 71.8 cm³/mol. The van der Waals surface area contributed by atoms with Gasteiger partial charge in [-0.15, -0.1) is 0 Å². The molecule has 0 radical (unpaired) electrons. The number of carbonyl (C=O) groups is 2. The van der Waals surface area contributed by atoms with Crippen LogP contribution >= 0.6 is 0 Å². The lowest BCUT2D eigenvalue weighted by molar-refractivity contribution is -0.157. The molecule has 3 unspecified atom stereocenters. The average Bonchev–Trinajstić information content (AvgIpc) is 2.40. The first-order chi connectivity index (χ1) is 8.82. The number of aliphatic carboxylic acids is 1. The van der Waals surface area contributed by atoms with Gasteiger partial charge in [0, 0.05) is 7.11 Å². The molecule has 110 valence electrons. The molecule has 0 aromatic heterocycles. The van der Waals surface area contributed by atoms with Gasteiger partial charge in [-0.3, -0.25) is 4.79 Å². The van der Waals surface area contributed by atoms with E-state index >= 15 is 0 Å². The topological polar surface area (TPSA) is 75.6 Å².